The maximum Gasteiger partial charge on any atom is 0.274 e. The van der Waals surface area contributed by atoms with Crippen molar-refractivity contribution in [3.8, 4) is 0 Å². The molecule has 5 heteroatoms. The molecule has 1 aromatic carbocycles. The van der Waals surface area contributed by atoms with Gasteiger partial charge in [-0.25, -0.2) is 0 Å². The molecule has 0 saturated heterocycles. The number of nitrogens with zero attached hydrogens (tertiary/aromatic N) is 1. The van der Waals surface area contributed by atoms with Gasteiger partial charge in [-0.2, -0.15) is 0 Å². The minimum Gasteiger partial charge on any atom is -0.326 e. The molecule has 0 atom stereocenters. The van der Waals surface area contributed by atoms with Crippen LogP contribution in [0.25, 0.3) is 0 Å². The van der Waals surface area contributed by atoms with Crippen molar-refractivity contribution in [2.24, 2.45) is 5.73 Å². The van der Waals surface area contributed by atoms with Gasteiger partial charge in [0.2, 0.25) is 0 Å². The third-order valence-corrected chi connectivity index (χ3v) is 2.66. The van der Waals surface area contributed by atoms with E-state index < -0.39 is 4.92 Å². The topological polar surface area (TPSA) is 69.2 Å². The second kappa shape index (κ2) is 4.80. The van der Waals surface area contributed by atoms with Gasteiger partial charge in [-0.05, 0) is 32.8 Å². The number of hydrogen-bond acceptors (Lipinski definition) is 3. The van der Waals surface area contributed by atoms with E-state index in [9.17, 15) is 10.1 Å². The molecule has 4 nitrogen and oxygen atoms in total. The average molecular weight is 243 g/mol. The molecule has 16 heavy (non-hydrogen) atoms. The maximum absolute atomic E-state index is 10.8. The van der Waals surface area contributed by atoms with Gasteiger partial charge in [0.05, 0.1) is 9.95 Å². The predicted octanol–water partition coefficient (Wildman–Crippen LogP) is 2.92. The molecule has 0 bridgehead atoms. The van der Waals surface area contributed by atoms with Crippen LogP contribution in [0.2, 0.25) is 5.02 Å². The highest BCUT2D eigenvalue weighted by atomic mass is 35.5. The monoisotopic (exact) mass is 242 g/mol. The molecule has 1 aromatic rings. The fourth-order valence-corrected chi connectivity index (χ4v) is 1.68. The first-order valence-electron chi connectivity index (χ1n) is 5.02. The Bertz CT molecular complexity index is 399. The van der Waals surface area contributed by atoms with Crippen LogP contribution in [0, 0.1) is 10.1 Å². The van der Waals surface area contributed by atoms with E-state index in [0.29, 0.717) is 23.4 Å². The molecule has 0 radical (unpaired) electrons. The van der Waals surface area contributed by atoms with Crippen LogP contribution in [0.4, 0.5) is 5.69 Å². The van der Waals surface area contributed by atoms with Gasteiger partial charge in [0, 0.05) is 17.2 Å². The van der Waals surface area contributed by atoms with Crippen LogP contribution in [0.1, 0.15) is 25.8 Å². The molecule has 0 aliphatic rings. The second-order valence-corrected chi connectivity index (χ2v) is 4.89. The van der Waals surface area contributed by atoms with E-state index in [1.54, 1.807) is 12.1 Å². The van der Waals surface area contributed by atoms with E-state index in [1.807, 2.05) is 13.8 Å². The zero-order chi connectivity index (χ0) is 12.3. The molecule has 0 aliphatic heterocycles. The minimum atomic E-state index is -0.412. The highest BCUT2D eigenvalue weighted by molar-refractivity contribution is 6.31. The summed E-state index contributed by atoms with van der Waals surface area (Å²) in [5, 5.41) is 11.2. The van der Waals surface area contributed by atoms with E-state index in [0.717, 1.165) is 0 Å². The lowest BCUT2D eigenvalue weighted by Crippen LogP contribution is -2.32. The smallest absolute Gasteiger partial charge is 0.274 e. The van der Waals surface area contributed by atoms with E-state index in [1.165, 1.54) is 6.07 Å². The Balaban J connectivity index is 2.98. The van der Waals surface area contributed by atoms with E-state index >= 15 is 0 Å². The van der Waals surface area contributed by atoms with Crippen molar-refractivity contribution in [2.75, 3.05) is 0 Å². The fourth-order valence-electron chi connectivity index (χ4n) is 1.41. The molecule has 0 spiro atoms. The number of nitrogens with two attached hydrogens (primary N) is 1. The molecule has 0 saturated carbocycles. The van der Waals surface area contributed by atoms with Crippen molar-refractivity contribution >= 4 is 17.3 Å². The summed E-state index contributed by atoms with van der Waals surface area (Å²) in [5.74, 6) is 0. The molecule has 0 aromatic heterocycles. The SMILES string of the molecule is CC(C)(N)CCc1c(Cl)cccc1[N+](=O)[O-]. The fraction of sp³-hybridized carbons (Fsp3) is 0.455. The molecule has 0 heterocycles. The van der Waals surface area contributed by atoms with Gasteiger partial charge in [-0.15, -0.1) is 0 Å². The molecule has 0 unspecified atom stereocenters. The van der Waals surface area contributed by atoms with Crippen molar-refractivity contribution < 1.29 is 4.92 Å². The van der Waals surface area contributed by atoms with E-state index in [4.69, 9.17) is 17.3 Å². The Morgan fingerprint density at radius 1 is 1.50 bits per heavy atom. The molecule has 0 aliphatic carbocycles. The summed E-state index contributed by atoms with van der Waals surface area (Å²) in [7, 11) is 0. The number of nitro groups is 1. The molecule has 1 rings (SSSR count). The summed E-state index contributed by atoms with van der Waals surface area (Å²) >= 11 is 5.96. The first kappa shape index (κ1) is 12.9. The molecule has 0 fully saturated rings. The van der Waals surface area contributed by atoms with Crippen LogP contribution in [0.5, 0.6) is 0 Å². The number of halogens is 1. The number of nitro benzene ring substituents is 1. The van der Waals surface area contributed by atoms with Gasteiger partial charge in [0.1, 0.15) is 0 Å². The highest BCUT2D eigenvalue weighted by Crippen LogP contribution is 2.28. The van der Waals surface area contributed by atoms with Crippen LogP contribution in [0.15, 0.2) is 18.2 Å². The summed E-state index contributed by atoms with van der Waals surface area (Å²) in [5.41, 5.74) is 6.12. The third-order valence-electron chi connectivity index (χ3n) is 2.31. The highest BCUT2D eigenvalue weighted by Gasteiger charge is 2.19. The van der Waals surface area contributed by atoms with Crippen LogP contribution in [0.3, 0.4) is 0 Å². The second-order valence-electron chi connectivity index (χ2n) is 4.48. The summed E-state index contributed by atoms with van der Waals surface area (Å²) in [4.78, 5) is 10.4. The zero-order valence-electron chi connectivity index (χ0n) is 9.37. The van der Waals surface area contributed by atoms with Crippen molar-refractivity contribution in [2.45, 2.75) is 32.2 Å². The molecule has 2 N–H and O–H groups in total. The van der Waals surface area contributed by atoms with Crippen LogP contribution in [-0.4, -0.2) is 10.5 Å². The summed E-state index contributed by atoms with van der Waals surface area (Å²) in [6, 6.07) is 4.70. The lowest BCUT2D eigenvalue weighted by Gasteiger charge is -2.18. The predicted molar refractivity (Wildman–Crippen MR) is 64.7 cm³/mol. The Hall–Kier alpha value is -1.13. The number of hydrogen-bond donors (Lipinski definition) is 1. The van der Waals surface area contributed by atoms with Gasteiger partial charge in [0.25, 0.3) is 5.69 Å². The molecule has 88 valence electrons. The largest absolute Gasteiger partial charge is 0.326 e. The van der Waals surface area contributed by atoms with E-state index in [-0.39, 0.29) is 11.2 Å². The molecule has 0 amide bonds. The summed E-state index contributed by atoms with van der Waals surface area (Å²) < 4.78 is 0. The zero-order valence-corrected chi connectivity index (χ0v) is 10.1. The molecular weight excluding hydrogens is 228 g/mol. The Labute approximate surface area is 99.6 Å². The normalized spacial score (nSPS) is 11.5. The van der Waals surface area contributed by atoms with Crippen molar-refractivity contribution in [3.63, 3.8) is 0 Å². The Kier molecular flexibility index (Phi) is 3.88. The number of rotatable bonds is 4. The first-order valence-corrected chi connectivity index (χ1v) is 5.40. The van der Waals surface area contributed by atoms with Crippen molar-refractivity contribution in [1.82, 2.24) is 0 Å². The maximum atomic E-state index is 10.8. The third kappa shape index (κ3) is 3.47. The Morgan fingerprint density at radius 2 is 2.12 bits per heavy atom. The average Bonchev–Trinajstić information content (AvgIpc) is 2.13. The first-order chi connectivity index (χ1) is 7.31. The van der Waals surface area contributed by atoms with Gasteiger partial charge in [-0.1, -0.05) is 17.7 Å². The van der Waals surface area contributed by atoms with Crippen molar-refractivity contribution in [1.29, 1.82) is 0 Å². The standard InChI is InChI=1S/C11H15ClN2O2/c1-11(2,13)7-6-8-9(12)4-3-5-10(8)14(15)16/h3-5H,6-7,13H2,1-2H3. The van der Waals surface area contributed by atoms with E-state index in [2.05, 4.69) is 0 Å². The number of benzene rings is 1. The van der Waals surface area contributed by atoms with Crippen LogP contribution < -0.4 is 5.73 Å². The van der Waals surface area contributed by atoms with Gasteiger partial charge in [0.15, 0.2) is 0 Å². The van der Waals surface area contributed by atoms with Gasteiger partial charge < -0.3 is 5.73 Å². The summed E-state index contributed by atoms with van der Waals surface area (Å²) in [6.45, 7) is 3.77. The van der Waals surface area contributed by atoms with Crippen LogP contribution in [-0.2, 0) is 6.42 Å². The Morgan fingerprint density at radius 3 is 2.62 bits per heavy atom. The summed E-state index contributed by atoms with van der Waals surface area (Å²) in [6.07, 6.45) is 1.16. The lowest BCUT2D eigenvalue weighted by molar-refractivity contribution is -0.385. The van der Waals surface area contributed by atoms with Crippen molar-refractivity contribution in [3.05, 3.63) is 38.9 Å². The van der Waals surface area contributed by atoms with Gasteiger partial charge >= 0.3 is 0 Å². The molecular formula is C11H15ClN2O2. The van der Waals surface area contributed by atoms with Gasteiger partial charge in [-0.3, -0.25) is 10.1 Å². The van der Waals surface area contributed by atoms with Crippen LogP contribution >= 0.6 is 11.6 Å². The quantitative estimate of drug-likeness (QED) is 0.652. The minimum absolute atomic E-state index is 0.0664. The lowest BCUT2D eigenvalue weighted by atomic mass is 9.96.